The zero-order chi connectivity index (χ0) is 25.6. The fourth-order valence-corrected chi connectivity index (χ4v) is 4.66. The number of rotatable bonds is 4. The number of halogens is 6. The molecule has 0 saturated carbocycles. The highest BCUT2D eigenvalue weighted by atomic mass is 19.4. The summed E-state index contributed by atoms with van der Waals surface area (Å²) in [7, 11) is 0. The Morgan fingerprint density at radius 1 is 0.917 bits per heavy atom. The summed E-state index contributed by atoms with van der Waals surface area (Å²) < 4.78 is 84.6. The molecule has 1 aromatic heterocycles. The van der Waals surface area contributed by atoms with Gasteiger partial charge in [0.15, 0.2) is 0 Å². The van der Waals surface area contributed by atoms with E-state index in [9.17, 15) is 26.3 Å². The summed E-state index contributed by atoms with van der Waals surface area (Å²) in [6.45, 7) is 1.06. The molecule has 1 fully saturated rings. The van der Waals surface area contributed by atoms with Crippen molar-refractivity contribution in [1.82, 2.24) is 9.78 Å². The van der Waals surface area contributed by atoms with Crippen LogP contribution in [-0.4, -0.2) is 28.9 Å². The number of hydrogen-bond donors (Lipinski definition) is 1. The van der Waals surface area contributed by atoms with Crippen LogP contribution in [0.25, 0.3) is 22.2 Å². The molecule has 2 heterocycles. The molecule has 0 amide bonds. The molecule has 1 aliphatic rings. The van der Waals surface area contributed by atoms with E-state index in [0.717, 1.165) is 42.4 Å². The highest BCUT2D eigenvalue weighted by Gasteiger charge is 2.34. The Labute approximate surface area is 202 Å². The Morgan fingerprint density at radius 2 is 1.56 bits per heavy atom. The van der Waals surface area contributed by atoms with Crippen LogP contribution in [0.1, 0.15) is 24.0 Å². The Hall–Kier alpha value is -3.53. The van der Waals surface area contributed by atoms with E-state index in [1.54, 1.807) is 12.1 Å². The van der Waals surface area contributed by atoms with Gasteiger partial charge in [0, 0.05) is 53.5 Å². The van der Waals surface area contributed by atoms with Gasteiger partial charge in [0.05, 0.1) is 17.8 Å². The third-order valence-corrected chi connectivity index (χ3v) is 6.53. The van der Waals surface area contributed by atoms with Gasteiger partial charge in [-0.25, -0.2) is 13.2 Å². The Kier molecular flexibility index (Phi) is 6.15. The van der Waals surface area contributed by atoms with Crippen LogP contribution >= 0.6 is 0 Å². The molecule has 4 nitrogen and oxygen atoms in total. The van der Waals surface area contributed by atoms with Gasteiger partial charge < -0.3 is 10.6 Å². The number of nitrogens with two attached hydrogens (primary N) is 1. The number of nitrogens with zero attached hydrogens (tertiary/aromatic N) is 3. The maximum absolute atomic E-state index is 14.4. The van der Waals surface area contributed by atoms with E-state index in [1.807, 2.05) is 12.1 Å². The van der Waals surface area contributed by atoms with E-state index >= 15 is 0 Å². The Balaban J connectivity index is 1.62. The standard InChI is InChI=1S/C26H22F6N4/c27-16-12-22(28)20(23(29)13-16)14-36-25(19-2-1-3-21(24(19)34-36)26(30,31)32)15-4-6-18(7-5-15)35-10-8-17(33)9-11-35/h1-7,12-13,17H,8-11,14,33H2. The smallest absolute Gasteiger partial charge is 0.371 e. The first-order valence-corrected chi connectivity index (χ1v) is 11.4. The summed E-state index contributed by atoms with van der Waals surface area (Å²) in [6, 6.07) is 12.1. The topological polar surface area (TPSA) is 47.1 Å². The molecule has 188 valence electrons. The van der Waals surface area contributed by atoms with Crippen molar-refractivity contribution in [2.24, 2.45) is 5.73 Å². The summed E-state index contributed by atoms with van der Waals surface area (Å²) in [6.07, 6.45) is -2.97. The van der Waals surface area contributed by atoms with Crippen molar-refractivity contribution in [2.75, 3.05) is 18.0 Å². The second-order valence-electron chi connectivity index (χ2n) is 8.93. The van der Waals surface area contributed by atoms with E-state index in [0.29, 0.717) is 17.7 Å². The van der Waals surface area contributed by atoms with Gasteiger partial charge in [-0.05, 0) is 31.0 Å². The third-order valence-electron chi connectivity index (χ3n) is 6.53. The van der Waals surface area contributed by atoms with E-state index in [2.05, 4.69) is 10.00 Å². The van der Waals surface area contributed by atoms with Crippen LogP contribution in [0.4, 0.5) is 32.0 Å². The fourth-order valence-electron chi connectivity index (χ4n) is 4.66. The van der Waals surface area contributed by atoms with E-state index in [4.69, 9.17) is 5.73 Å². The highest BCUT2D eigenvalue weighted by Crippen LogP contribution is 2.38. The minimum Gasteiger partial charge on any atom is -0.371 e. The van der Waals surface area contributed by atoms with Crippen LogP contribution in [0.15, 0.2) is 54.6 Å². The van der Waals surface area contributed by atoms with E-state index < -0.39 is 41.3 Å². The maximum atomic E-state index is 14.4. The quantitative estimate of drug-likeness (QED) is 0.341. The lowest BCUT2D eigenvalue weighted by molar-refractivity contribution is -0.136. The van der Waals surface area contributed by atoms with Crippen molar-refractivity contribution >= 4 is 16.6 Å². The predicted molar refractivity (Wildman–Crippen MR) is 125 cm³/mol. The molecular formula is C26H22F6N4. The lowest BCUT2D eigenvalue weighted by atomic mass is 10.0. The number of anilines is 1. The van der Waals surface area contributed by atoms with Crippen molar-refractivity contribution in [3.63, 3.8) is 0 Å². The minimum atomic E-state index is -4.68. The molecule has 1 aliphatic heterocycles. The first kappa shape index (κ1) is 24.2. The summed E-state index contributed by atoms with van der Waals surface area (Å²) >= 11 is 0. The first-order valence-electron chi connectivity index (χ1n) is 11.4. The molecule has 36 heavy (non-hydrogen) atoms. The first-order chi connectivity index (χ1) is 17.1. The average Bonchev–Trinajstić information content (AvgIpc) is 3.19. The normalized spacial score (nSPS) is 15.1. The summed E-state index contributed by atoms with van der Waals surface area (Å²) in [4.78, 5) is 2.17. The molecule has 0 spiro atoms. The zero-order valence-corrected chi connectivity index (χ0v) is 19.0. The zero-order valence-electron chi connectivity index (χ0n) is 19.0. The van der Waals surface area contributed by atoms with Crippen molar-refractivity contribution < 1.29 is 26.3 Å². The Bertz CT molecular complexity index is 1380. The van der Waals surface area contributed by atoms with Gasteiger partial charge in [-0.1, -0.05) is 24.3 Å². The van der Waals surface area contributed by atoms with Crippen LogP contribution in [-0.2, 0) is 12.7 Å². The molecule has 3 aromatic carbocycles. The lowest BCUT2D eigenvalue weighted by Crippen LogP contribution is -2.39. The number of alkyl halides is 3. The van der Waals surface area contributed by atoms with Crippen molar-refractivity contribution in [2.45, 2.75) is 31.6 Å². The van der Waals surface area contributed by atoms with Crippen molar-refractivity contribution in [3.8, 4) is 11.3 Å². The van der Waals surface area contributed by atoms with Gasteiger partial charge in [0.2, 0.25) is 0 Å². The van der Waals surface area contributed by atoms with Crippen LogP contribution in [0.3, 0.4) is 0 Å². The number of aromatic nitrogens is 2. The molecule has 0 unspecified atom stereocenters. The van der Waals surface area contributed by atoms with Crippen LogP contribution < -0.4 is 10.6 Å². The van der Waals surface area contributed by atoms with E-state index in [1.165, 1.54) is 12.1 Å². The predicted octanol–water partition coefficient (Wildman–Crippen LogP) is 6.12. The monoisotopic (exact) mass is 504 g/mol. The third kappa shape index (κ3) is 4.53. The van der Waals surface area contributed by atoms with E-state index in [-0.39, 0.29) is 22.6 Å². The molecule has 5 rings (SSSR count). The summed E-state index contributed by atoms with van der Waals surface area (Å²) in [5, 5.41) is 4.31. The fraction of sp³-hybridized carbons (Fsp3) is 0.269. The molecule has 10 heteroatoms. The van der Waals surface area contributed by atoms with Gasteiger partial charge in [0.25, 0.3) is 0 Å². The Morgan fingerprint density at radius 3 is 2.17 bits per heavy atom. The number of fused-ring (bicyclic) bond motifs is 1. The number of benzene rings is 3. The van der Waals surface area contributed by atoms with Crippen LogP contribution in [0.2, 0.25) is 0 Å². The molecular weight excluding hydrogens is 482 g/mol. The SMILES string of the molecule is NC1CCN(c2ccc(-c3c4cccc(C(F)(F)F)c4nn3Cc3c(F)cc(F)cc3F)cc2)CC1. The molecule has 0 bridgehead atoms. The second-order valence-corrected chi connectivity index (χ2v) is 8.93. The van der Waals surface area contributed by atoms with Crippen LogP contribution in [0.5, 0.6) is 0 Å². The van der Waals surface area contributed by atoms with Gasteiger partial charge >= 0.3 is 6.18 Å². The van der Waals surface area contributed by atoms with Gasteiger partial charge in [-0.15, -0.1) is 0 Å². The lowest BCUT2D eigenvalue weighted by Gasteiger charge is -2.32. The largest absolute Gasteiger partial charge is 0.418 e. The molecule has 4 aromatic rings. The minimum absolute atomic E-state index is 0.163. The van der Waals surface area contributed by atoms with Crippen LogP contribution in [0, 0.1) is 17.5 Å². The highest BCUT2D eigenvalue weighted by molar-refractivity contribution is 5.95. The second kappa shape index (κ2) is 9.16. The number of hydrogen-bond acceptors (Lipinski definition) is 3. The van der Waals surface area contributed by atoms with Gasteiger partial charge in [0.1, 0.15) is 23.0 Å². The summed E-state index contributed by atoms with van der Waals surface area (Å²) in [5.74, 6) is -3.38. The van der Waals surface area contributed by atoms with Crippen molar-refractivity contribution in [1.29, 1.82) is 0 Å². The summed E-state index contributed by atoms with van der Waals surface area (Å²) in [5.41, 5.74) is 5.92. The van der Waals surface area contributed by atoms with Gasteiger partial charge in [-0.3, -0.25) is 4.68 Å². The maximum Gasteiger partial charge on any atom is 0.418 e. The molecule has 0 aliphatic carbocycles. The average molecular weight is 504 g/mol. The molecule has 0 atom stereocenters. The molecule has 0 radical (unpaired) electrons. The molecule has 2 N–H and O–H groups in total. The molecule has 1 saturated heterocycles. The van der Waals surface area contributed by atoms with Crippen molar-refractivity contribution in [3.05, 3.63) is 83.2 Å². The number of piperidine rings is 1. The van der Waals surface area contributed by atoms with Gasteiger partial charge in [-0.2, -0.15) is 18.3 Å².